The first kappa shape index (κ1) is 14.3. The van der Waals surface area contributed by atoms with Gasteiger partial charge in [-0.1, -0.05) is 6.42 Å². The Bertz CT molecular complexity index is 359. The fourth-order valence-electron chi connectivity index (χ4n) is 4.69. The molecule has 0 aromatic rings. The molecule has 3 fully saturated rings. The zero-order valence-corrected chi connectivity index (χ0v) is 12.9. The number of carbonyl (C=O) groups excluding carboxylic acids is 1. The van der Waals surface area contributed by atoms with E-state index in [4.69, 9.17) is 5.73 Å². The van der Waals surface area contributed by atoms with Crippen LogP contribution in [0.1, 0.15) is 39.0 Å². The van der Waals surface area contributed by atoms with Gasteiger partial charge in [-0.05, 0) is 51.5 Å². The average Bonchev–Trinajstić information content (AvgIpc) is 2.37. The molecule has 1 aliphatic heterocycles. The molecule has 3 rings (SSSR count). The van der Waals surface area contributed by atoms with Gasteiger partial charge >= 0.3 is 0 Å². The van der Waals surface area contributed by atoms with E-state index >= 15 is 0 Å². The third-order valence-corrected chi connectivity index (χ3v) is 5.88. The minimum Gasteiger partial charge on any atom is -0.337 e. The van der Waals surface area contributed by atoms with Gasteiger partial charge in [-0.15, -0.1) is 0 Å². The Morgan fingerprint density at radius 1 is 1.15 bits per heavy atom. The van der Waals surface area contributed by atoms with Crippen molar-refractivity contribution in [2.45, 2.75) is 51.1 Å². The maximum Gasteiger partial charge on any atom is 0.226 e. The minimum absolute atomic E-state index is 0.246. The summed E-state index contributed by atoms with van der Waals surface area (Å²) in [4.78, 5) is 17.3. The second-order valence-corrected chi connectivity index (χ2v) is 7.34. The van der Waals surface area contributed by atoms with Crippen molar-refractivity contribution in [1.29, 1.82) is 0 Å². The van der Waals surface area contributed by atoms with Gasteiger partial charge in [0.2, 0.25) is 5.91 Å². The zero-order chi connectivity index (χ0) is 14.3. The molecule has 1 saturated heterocycles. The smallest absolute Gasteiger partial charge is 0.226 e. The number of nitrogens with two attached hydrogens (primary N) is 1. The van der Waals surface area contributed by atoms with Gasteiger partial charge in [0.1, 0.15) is 0 Å². The van der Waals surface area contributed by atoms with Crippen LogP contribution >= 0.6 is 0 Å². The summed E-state index contributed by atoms with van der Waals surface area (Å²) in [6, 6.07) is 0.717. The lowest BCUT2D eigenvalue weighted by Crippen LogP contribution is -2.56. The predicted molar refractivity (Wildman–Crippen MR) is 80.2 cm³/mol. The van der Waals surface area contributed by atoms with E-state index in [1.54, 1.807) is 0 Å². The molecule has 4 heteroatoms. The van der Waals surface area contributed by atoms with Crippen molar-refractivity contribution >= 4 is 5.91 Å². The first-order valence-electron chi connectivity index (χ1n) is 8.31. The molecule has 20 heavy (non-hydrogen) atoms. The highest BCUT2D eigenvalue weighted by atomic mass is 16.2. The Balaban J connectivity index is 1.66. The van der Waals surface area contributed by atoms with Crippen molar-refractivity contribution < 1.29 is 4.79 Å². The van der Waals surface area contributed by atoms with Gasteiger partial charge in [0, 0.05) is 37.6 Å². The number of likely N-dealkylation sites (N-methyl/N-ethyl adjacent to an activating group) is 1. The molecule has 3 aliphatic rings. The lowest BCUT2D eigenvalue weighted by molar-refractivity contribution is -0.143. The third-order valence-electron chi connectivity index (χ3n) is 5.88. The standard InChI is InChI=1S/C16H29N3O/c1-11-10-18(2)6-7-19(11)16(20)14-8-12-4-3-5-13(9-14)15(12)17/h11-15H,3-10,17H2,1-2H3. The van der Waals surface area contributed by atoms with Gasteiger partial charge in [-0.2, -0.15) is 0 Å². The number of hydrogen-bond acceptors (Lipinski definition) is 3. The van der Waals surface area contributed by atoms with Crippen LogP contribution in [0, 0.1) is 17.8 Å². The molecule has 1 amide bonds. The molecule has 0 spiro atoms. The number of rotatable bonds is 1. The number of nitrogens with zero attached hydrogens (tertiary/aromatic N) is 2. The molecule has 1 heterocycles. The molecule has 2 N–H and O–H groups in total. The molecular formula is C16H29N3O. The van der Waals surface area contributed by atoms with Crippen LogP contribution in [0.2, 0.25) is 0 Å². The van der Waals surface area contributed by atoms with Crippen molar-refractivity contribution in [2.24, 2.45) is 23.5 Å². The quantitative estimate of drug-likeness (QED) is 0.787. The summed E-state index contributed by atoms with van der Waals surface area (Å²) in [5.41, 5.74) is 6.34. The number of carbonyl (C=O) groups is 1. The zero-order valence-electron chi connectivity index (χ0n) is 12.9. The van der Waals surface area contributed by atoms with E-state index in [1.165, 1.54) is 19.3 Å². The van der Waals surface area contributed by atoms with Crippen LogP contribution < -0.4 is 5.73 Å². The summed E-state index contributed by atoms with van der Waals surface area (Å²) < 4.78 is 0. The second-order valence-electron chi connectivity index (χ2n) is 7.34. The Morgan fingerprint density at radius 3 is 2.40 bits per heavy atom. The Hall–Kier alpha value is -0.610. The van der Waals surface area contributed by atoms with Crippen LogP contribution in [0.25, 0.3) is 0 Å². The van der Waals surface area contributed by atoms with Gasteiger partial charge in [0.05, 0.1) is 0 Å². The van der Waals surface area contributed by atoms with Crippen LogP contribution in [0.5, 0.6) is 0 Å². The molecule has 0 radical (unpaired) electrons. The Morgan fingerprint density at radius 2 is 1.80 bits per heavy atom. The molecule has 114 valence electrons. The molecular weight excluding hydrogens is 250 g/mol. The first-order valence-corrected chi connectivity index (χ1v) is 8.31. The molecule has 2 bridgehead atoms. The van der Waals surface area contributed by atoms with Crippen LogP contribution in [-0.2, 0) is 4.79 Å². The monoisotopic (exact) mass is 279 g/mol. The number of fused-ring (bicyclic) bond motifs is 2. The lowest BCUT2D eigenvalue weighted by atomic mass is 9.65. The van der Waals surface area contributed by atoms with Gasteiger partial charge < -0.3 is 15.5 Å². The van der Waals surface area contributed by atoms with Crippen molar-refractivity contribution in [3.63, 3.8) is 0 Å². The van der Waals surface area contributed by atoms with Gasteiger partial charge in [0.25, 0.3) is 0 Å². The van der Waals surface area contributed by atoms with E-state index < -0.39 is 0 Å². The largest absolute Gasteiger partial charge is 0.337 e. The van der Waals surface area contributed by atoms with E-state index in [0.29, 0.717) is 29.8 Å². The number of amides is 1. The normalized spacial score (nSPS) is 42.5. The lowest BCUT2D eigenvalue weighted by Gasteiger charge is -2.46. The van der Waals surface area contributed by atoms with E-state index in [-0.39, 0.29) is 5.92 Å². The topological polar surface area (TPSA) is 49.6 Å². The summed E-state index contributed by atoms with van der Waals surface area (Å²) in [7, 11) is 2.14. The van der Waals surface area contributed by atoms with Crippen LogP contribution in [-0.4, -0.2) is 54.5 Å². The molecule has 3 unspecified atom stereocenters. The molecule has 2 aliphatic carbocycles. The maximum atomic E-state index is 12.9. The molecule has 4 nitrogen and oxygen atoms in total. The SMILES string of the molecule is CC1CN(C)CCN1C(=O)C1CC2CCCC(C1)C2N. The minimum atomic E-state index is 0.246. The molecule has 3 atom stereocenters. The van der Waals surface area contributed by atoms with Gasteiger partial charge in [0.15, 0.2) is 0 Å². The van der Waals surface area contributed by atoms with Gasteiger partial charge in [-0.3, -0.25) is 4.79 Å². The molecule has 0 aromatic heterocycles. The molecule has 2 saturated carbocycles. The Labute approximate surface area is 122 Å². The highest BCUT2D eigenvalue weighted by Crippen LogP contribution is 2.42. The third kappa shape index (κ3) is 2.60. The van der Waals surface area contributed by atoms with Crippen LogP contribution in [0.4, 0.5) is 0 Å². The van der Waals surface area contributed by atoms with E-state index in [0.717, 1.165) is 32.5 Å². The maximum absolute atomic E-state index is 12.9. The fraction of sp³-hybridized carbons (Fsp3) is 0.938. The first-order chi connectivity index (χ1) is 9.56. The van der Waals surface area contributed by atoms with Crippen LogP contribution in [0.3, 0.4) is 0 Å². The van der Waals surface area contributed by atoms with Gasteiger partial charge in [-0.25, -0.2) is 0 Å². The summed E-state index contributed by atoms with van der Waals surface area (Å²) in [5.74, 6) is 1.85. The second kappa shape index (κ2) is 5.64. The van der Waals surface area contributed by atoms with E-state index in [2.05, 4.69) is 23.8 Å². The van der Waals surface area contributed by atoms with Crippen molar-refractivity contribution in [1.82, 2.24) is 9.80 Å². The average molecular weight is 279 g/mol. The van der Waals surface area contributed by atoms with Crippen molar-refractivity contribution in [3.8, 4) is 0 Å². The van der Waals surface area contributed by atoms with E-state index in [9.17, 15) is 4.79 Å². The summed E-state index contributed by atoms with van der Waals surface area (Å²) >= 11 is 0. The highest BCUT2D eigenvalue weighted by molar-refractivity contribution is 5.79. The number of hydrogen-bond donors (Lipinski definition) is 1. The predicted octanol–water partition coefficient (Wildman–Crippen LogP) is 1.30. The summed E-state index contributed by atoms with van der Waals surface area (Å²) in [5, 5.41) is 0. The van der Waals surface area contributed by atoms with Crippen LogP contribution in [0.15, 0.2) is 0 Å². The number of piperazine rings is 1. The highest BCUT2D eigenvalue weighted by Gasteiger charge is 2.42. The molecule has 0 aromatic carbocycles. The van der Waals surface area contributed by atoms with E-state index in [1.807, 2.05) is 0 Å². The summed E-state index contributed by atoms with van der Waals surface area (Å²) in [6.07, 6.45) is 5.86. The fourth-order valence-corrected chi connectivity index (χ4v) is 4.69. The summed E-state index contributed by atoms with van der Waals surface area (Å²) in [6.45, 7) is 5.09. The van der Waals surface area contributed by atoms with Crippen molar-refractivity contribution in [3.05, 3.63) is 0 Å². The Kier molecular flexibility index (Phi) is 4.04. The van der Waals surface area contributed by atoms with Crippen molar-refractivity contribution in [2.75, 3.05) is 26.7 Å².